The van der Waals surface area contributed by atoms with Crippen LogP contribution in [0.3, 0.4) is 0 Å². The topological polar surface area (TPSA) is 75.7 Å². The normalized spacial score (nSPS) is 29.1. The zero-order chi connectivity index (χ0) is 32.4. The average molecular weight is 653 g/mol. The summed E-state index contributed by atoms with van der Waals surface area (Å²) in [5.74, 6) is -4.93. The first-order valence-corrected chi connectivity index (χ1v) is 16.7. The van der Waals surface area contributed by atoms with Crippen LogP contribution >= 0.6 is 0 Å². The van der Waals surface area contributed by atoms with E-state index in [2.05, 4.69) is 5.32 Å². The molecule has 0 saturated heterocycles. The van der Waals surface area contributed by atoms with Crippen molar-refractivity contribution in [1.29, 1.82) is 0 Å². The fourth-order valence-corrected chi connectivity index (χ4v) is 8.76. The van der Waals surface area contributed by atoms with E-state index in [-0.39, 0.29) is 47.4 Å². The van der Waals surface area contributed by atoms with Crippen LogP contribution < -0.4 is 10.1 Å². The molecule has 0 aromatic heterocycles. The predicted molar refractivity (Wildman–Crippen MR) is 155 cm³/mol. The van der Waals surface area contributed by atoms with E-state index >= 15 is 0 Å². The highest BCUT2D eigenvalue weighted by Crippen LogP contribution is 2.62. The number of alkyl halides is 6. The van der Waals surface area contributed by atoms with E-state index in [1.165, 1.54) is 0 Å². The lowest BCUT2D eigenvalue weighted by Crippen LogP contribution is -2.46. The SMILES string of the molecule is CN(C)CCNC(=O)Oc1ccc2c(c1)C[C@@H](CCCS(=O)CCCC(F)(F)C(F)(F)F)[C@@H]1[C@@H]2CC[C@]2(C)C(=O)C(F)C[C@@H]12. The largest absolute Gasteiger partial charge is 0.453 e. The molecule has 248 valence electrons. The number of nitrogens with zero attached hydrogens (tertiary/aromatic N) is 1. The average Bonchev–Trinajstić information content (AvgIpc) is 3.15. The highest BCUT2D eigenvalue weighted by atomic mass is 32.2. The van der Waals surface area contributed by atoms with Crippen molar-refractivity contribution in [2.45, 2.75) is 82.5 Å². The minimum atomic E-state index is -5.63. The standard InChI is InChI=1S/C31H42F6N2O4S/c1-29-11-9-23-22-8-7-21(43-28(41)38-12-13-39(2)3)17-20(22)16-19(26(23)24(29)18-25(32)27(29)40)6-4-14-44(42)15-5-10-30(33,34)31(35,36)37/h7-8,17,19,23-26H,4-6,9-16,18H2,1-3H3,(H,38,41)/t19-,23-,24+,25?,26-,29+,44?/m1/s1. The molecule has 1 N–H and O–H groups in total. The molecule has 2 saturated carbocycles. The van der Waals surface area contributed by atoms with Crippen molar-refractivity contribution in [2.75, 3.05) is 38.7 Å². The number of ether oxygens (including phenoxy) is 1. The Balaban J connectivity index is 1.45. The number of fused-ring (bicyclic) bond motifs is 5. The number of ketones is 1. The maximum Gasteiger partial charge on any atom is 0.453 e. The molecule has 0 spiro atoms. The molecule has 2 fully saturated rings. The van der Waals surface area contributed by atoms with Gasteiger partial charge in [0, 0.05) is 47.2 Å². The molecule has 0 bridgehead atoms. The third kappa shape index (κ3) is 7.62. The molecule has 6 nitrogen and oxygen atoms in total. The molecule has 44 heavy (non-hydrogen) atoms. The van der Waals surface area contributed by atoms with Crippen molar-refractivity contribution in [2.24, 2.45) is 23.2 Å². The van der Waals surface area contributed by atoms with Crippen molar-refractivity contribution in [3.8, 4) is 5.75 Å². The fourth-order valence-electron chi connectivity index (χ4n) is 7.60. The van der Waals surface area contributed by atoms with E-state index < -0.39 is 53.4 Å². The number of hydrogen-bond acceptors (Lipinski definition) is 5. The second-order valence-corrected chi connectivity index (χ2v) is 14.8. The Labute approximate surface area is 257 Å². The van der Waals surface area contributed by atoms with Gasteiger partial charge < -0.3 is 15.0 Å². The molecule has 1 aromatic carbocycles. The molecule has 7 atom stereocenters. The number of Topliss-reactive ketones (excluding diaryl/α,β-unsaturated/α-hetero) is 1. The number of benzene rings is 1. The summed E-state index contributed by atoms with van der Waals surface area (Å²) >= 11 is 0. The number of halogens is 6. The lowest BCUT2D eigenvalue weighted by atomic mass is 9.52. The van der Waals surface area contributed by atoms with Gasteiger partial charge in [-0.05, 0) is 106 Å². The lowest BCUT2D eigenvalue weighted by molar-refractivity contribution is -0.284. The maximum absolute atomic E-state index is 14.8. The summed E-state index contributed by atoms with van der Waals surface area (Å²) in [5.41, 5.74) is 1.34. The van der Waals surface area contributed by atoms with Crippen LogP contribution in [0.2, 0.25) is 0 Å². The zero-order valence-corrected chi connectivity index (χ0v) is 26.2. The van der Waals surface area contributed by atoms with Crippen LogP contribution in [0.1, 0.15) is 68.9 Å². The summed E-state index contributed by atoms with van der Waals surface area (Å²) < 4.78 is 96.6. The number of rotatable bonds is 12. The molecule has 2 unspecified atom stereocenters. The molecule has 13 heteroatoms. The highest BCUT2D eigenvalue weighted by molar-refractivity contribution is 7.84. The van der Waals surface area contributed by atoms with E-state index in [1.54, 1.807) is 6.07 Å². The highest BCUT2D eigenvalue weighted by Gasteiger charge is 2.60. The first kappa shape index (κ1) is 34.7. The number of nitrogens with one attached hydrogen (secondary N) is 1. The summed E-state index contributed by atoms with van der Waals surface area (Å²) in [4.78, 5) is 27.1. The van der Waals surface area contributed by atoms with Gasteiger partial charge in [0.05, 0.1) is 0 Å². The van der Waals surface area contributed by atoms with Crippen LogP contribution in [-0.2, 0) is 22.0 Å². The summed E-state index contributed by atoms with van der Waals surface area (Å²) in [5, 5.41) is 2.71. The third-order valence-corrected chi connectivity index (χ3v) is 11.3. The van der Waals surface area contributed by atoms with Gasteiger partial charge in [0.2, 0.25) is 0 Å². The maximum atomic E-state index is 14.8. The minimum absolute atomic E-state index is 0.00551. The van der Waals surface area contributed by atoms with Gasteiger partial charge in [0.25, 0.3) is 0 Å². The van der Waals surface area contributed by atoms with Gasteiger partial charge in [-0.15, -0.1) is 0 Å². The zero-order valence-electron chi connectivity index (χ0n) is 25.4. The molecule has 1 amide bonds. The van der Waals surface area contributed by atoms with Gasteiger partial charge >= 0.3 is 18.2 Å². The van der Waals surface area contributed by atoms with Crippen LogP contribution in [0.4, 0.5) is 31.1 Å². The van der Waals surface area contributed by atoms with E-state index in [0.717, 1.165) is 11.1 Å². The van der Waals surface area contributed by atoms with E-state index in [9.17, 15) is 40.1 Å². The van der Waals surface area contributed by atoms with E-state index in [4.69, 9.17) is 4.74 Å². The third-order valence-electron chi connectivity index (χ3n) is 9.83. The molecule has 1 aromatic rings. The number of hydrogen-bond donors (Lipinski definition) is 1. The van der Waals surface area contributed by atoms with Crippen LogP contribution in [0.25, 0.3) is 0 Å². The summed E-state index contributed by atoms with van der Waals surface area (Å²) in [6.07, 6.45) is -6.56. The summed E-state index contributed by atoms with van der Waals surface area (Å²) in [7, 11) is 2.21. The van der Waals surface area contributed by atoms with Crippen molar-refractivity contribution < 1.29 is 44.9 Å². The van der Waals surface area contributed by atoms with Gasteiger partial charge in [-0.3, -0.25) is 9.00 Å². The van der Waals surface area contributed by atoms with Gasteiger partial charge in [0.15, 0.2) is 12.0 Å². The predicted octanol–water partition coefficient (Wildman–Crippen LogP) is 6.44. The van der Waals surface area contributed by atoms with Crippen molar-refractivity contribution in [3.05, 3.63) is 29.3 Å². The molecule has 4 rings (SSSR count). The molecular weight excluding hydrogens is 610 g/mol. The number of carbonyl (C=O) groups excluding carboxylic acids is 2. The lowest BCUT2D eigenvalue weighted by Gasteiger charge is -2.51. The quantitative estimate of drug-likeness (QED) is 0.263. The minimum Gasteiger partial charge on any atom is -0.410 e. The van der Waals surface area contributed by atoms with Gasteiger partial charge in [0.1, 0.15) is 5.75 Å². The molecule has 0 radical (unpaired) electrons. The smallest absolute Gasteiger partial charge is 0.410 e. The number of amides is 1. The molecular formula is C31H42F6N2O4S. The van der Waals surface area contributed by atoms with Gasteiger partial charge in [-0.1, -0.05) is 13.0 Å². The summed E-state index contributed by atoms with van der Waals surface area (Å²) in [6.45, 7) is 2.93. The van der Waals surface area contributed by atoms with Crippen LogP contribution in [0.5, 0.6) is 5.75 Å². The van der Waals surface area contributed by atoms with Crippen LogP contribution in [0, 0.1) is 23.2 Å². The molecule has 3 aliphatic carbocycles. The Hall–Kier alpha value is -2.15. The Morgan fingerprint density at radius 3 is 2.55 bits per heavy atom. The van der Waals surface area contributed by atoms with Crippen molar-refractivity contribution in [3.63, 3.8) is 0 Å². The molecule has 3 aliphatic rings. The second-order valence-electron chi connectivity index (χ2n) is 13.1. The Kier molecular flexibility index (Phi) is 10.8. The van der Waals surface area contributed by atoms with Crippen molar-refractivity contribution in [1.82, 2.24) is 10.2 Å². The van der Waals surface area contributed by atoms with Gasteiger partial charge in [-0.2, -0.15) is 22.0 Å². The van der Waals surface area contributed by atoms with Gasteiger partial charge in [-0.25, -0.2) is 9.18 Å². The number of carbonyl (C=O) groups is 2. The Morgan fingerprint density at radius 1 is 1.16 bits per heavy atom. The van der Waals surface area contributed by atoms with E-state index in [0.29, 0.717) is 50.9 Å². The first-order valence-electron chi connectivity index (χ1n) is 15.2. The van der Waals surface area contributed by atoms with Crippen molar-refractivity contribution >= 4 is 22.7 Å². The molecule has 0 heterocycles. The number of likely N-dealkylation sites (N-methyl/N-ethyl adjacent to an activating group) is 1. The van der Waals surface area contributed by atoms with Crippen LogP contribution in [0.15, 0.2) is 18.2 Å². The monoisotopic (exact) mass is 652 g/mol. The first-order chi connectivity index (χ1) is 20.5. The second kappa shape index (κ2) is 13.7. The Morgan fingerprint density at radius 2 is 1.86 bits per heavy atom. The van der Waals surface area contributed by atoms with Crippen LogP contribution in [-0.4, -0.2) is 77.9 Å². The van der Waals surface area contributed by atoms with E-state index in [1.807, 2.05) is 38.1 Å². The Bertz CT molecular complexity index is 1230. The fraction of sp³-hybridized carbons (Fsp3) is 0.742. The summed E-state index contributed by atoms with van der Waals surface area (Å²) in [6, 6.07) is 5.54. The molecule has 0 aliphatic heterocycles.